The summed E-state index contributed by atoms with van der Waals surface area (Å²) in [4.78, 5) is 0. The molecule has 3 N–H and O–H groups in total. The van der Waals surface area contributed by atoms with Crippen LogP contribution in [0.25, 0.3) is 0 Å². The van der Waals surface area contributed by atoms with Gasteiger partial charge in [-0.3, -0.25) is 5.10 Å². The minimum Gasteiger partial charge on any atom is -0.327 e. The summed E-state index contributed by atoms with van der Waals surface area (Å²) in [6.07, 6.45) is 5.07. The molecule has 1 aliphatic carbocycles. The van der Waals surface area contributed by atoms with E-state index in [1.807, 2.05) is 6.20 Å². The highest BCUT2D eigenvalue weighted by atomic mass is 15.1. The van der Waals surface area contributed by atoms with Crippen molar-refractivity contribution in [2.45, 2.75) is 25.3 Å². The number of aryl methyl sites for hydroxylation is 1. The number of nitrogens with zero attached hydrogens (tertiary/aromatic N) is 1. The molecular formula is C7H11N3. The minimum atomic E-state index is 0.341. The number of fused-ring (bicyclic) bond motifs is 1. The Morgan fingerprint density at radius 3 is 3.50 bits per heavy atom. The van der Waals surface area contributed by atoms with Gasteiger partial charge in [-0.05, 0) is 18.4 Å². The summed E-state index contributed by atoms with van der Waals surface area (Å²) in [6, 6.07) is 0.341. The SMILES string of the molecule is N[C@@H]1CCc2cn[nH]c2C1. The Kier molecular flexibility index (Phi) is 1.24. The number of H-pyrrole nitrogens is 1. The number of aromatic amines is 1. The minimum absolute atomic E-state index is 0.341. The van der Waals surface area contributed by atoms with Gasteiger partial charge in [0.2, 0.25) is 0 Å². The van der Waals surface area contributed by atoms with Crippen molar-refractivity contribution in [1.29, 1.82) is 0 Å². The number of hydrogen-bond donors (Lipinski definition) is 2. The lowest BCUT2D eigenvalue weighted by Gasteiger charge is -2.16. The first-order valence-corrected chi connectivity index (χ1v) is 3.63. The largest absolute Gasteiger partial charge is 0.327 e. The molecule has 3 heteroatoms. The van der Waals surface area contributed by atoms with Crippen molar-refractivity contribution in [2.24, 2.45) is 5.73 Å². The molecule has 3 nitrogen and oxygen atoms in total. The van der Waals surface area contributed by atoms with Gasteiger partial charge in [-0.25, -0.2) is 0 Å². The van der Waals surface area contributed by atoms with E-state index in [0.29, 0.717) is 6.04 Å². The fraction of sp³-hybridized carbons (Fsp3) is 0.571. The molecule has 0 fully saturated rings. The second-order valence-electron chi connectivity index (χ2n) is 2.88. The molecule has 0 unspecified atom stereocenters. The molecule has 54 valence electrons. The third kappa shape index (κ3) is 0.827. The predicted octanol–water partition coefficient (Wildman–Crippen LogP) is 0.226. The molecule has 0 aromatic carbocycles. The summed E-state index contributed by atoms with van der Waals surface area (Å²) >= 11 is 0. The van der Waals surface area contributed by atoms with E-state index < -0.39 is 0 Å². The maximum Gasteiger partial charge on any atom is 0.0522 e. The fourth-order valence-corrected chi connectivity index (χ4v) is 1.44. The lowest BCUT2D eigenvalue weighted by atomic mass is 9.95. The number of aromatic nitrogens is 2. The Hall–Kier alpha value is -0.830. The molecule has 0 aliphatic heterocycles. The summed E-state index contributed by atoms with van der Waals surface area (Å²) in [5, 5.41) is 6.92. The van der Waals surface area contributed by atoms with E-state index in [9.17, 15) is 0 Å². The first-order chi connectivity index (χ1) is 4.86. The summed E-state index contributed by atoms with van der Waals surface area (Å²) in [6.45, 7) is 0. The molecule has 1 atom stereocenters. The molecule has 0 saturated heterocycles. The standard InChI is InChI=1S/C7H11N3/c8-6-2-1-5-4-9-10-7(5)3-6/h4,6H,1-3,8H2,(H,9,10)/t6-/m1/s1. The molecule has 0 amide bonds. The molecule has 0 bridgehead atoms. The zero-order chi connectivity index (χ0) is 6.97. The molecule has 0 radical (unpaired) electrons. The summed E-state index contributed by atoms with van der Waals surface area (Å²) in [5.41, 5.74) is 8.34. The van der Waals surface area contributed by atoms with Crippen molar-refractivity contribution < 1.29 is 0 Å². The fourth-order valence-electron chi connectivity index (χ4n) is 1.44. The molecule has 1 heterocycles. The summed E-state index contributed by atoms with van der Waals surface area (Å²) in [5.74, 6) is 0. The maximum atomic E-state index is 5.76. The Bertz CT molecular complexity index is 229. The Morgan fingerprint density at radius 1 is 1.70 bits per heavy atom. The maximum absolute atomic E-state index is 5.76. The monoisotopic (exact) mass is 137 g/mol. The average Bonchev–Trinajstić information content (AvgIpc) is 2.33. The molecule has 1 aliphatic rings. The summed E-state index contributed by atoms with van der Waals surface area (Å²) in [7, 11) is 0. The smallest absolute Gasteiger partial charge is 0.0522 e. The Balaban J connectivity index is 2.30. The third-order valence-corrected chi connectivity index (χ3v) is 2.06. The number of hydrogen-bond acceptors (Lipinski definition) is 2. The van der Waals surface area contributed by atoms with Gasteiger partial charge in [-0.15, -0.1) is 0 Å². The van der Waals surface area contributed by atoms with Gasteiger partial charge >= 0.3 is 0 Å². The predicted molar refractivity (Wildman–Crippen MR) is 38.6 cm³/mol. The number of rotatable bonds is 0. The van der Waals surface area contributed by atoms with Gasteiger partial charge in [0.1, 0.15) is 0 Å². The van der Waals surface area contributed by atoms with Gasteiger partial charge in [-0.1, -0.05) is 0 Å². The normalized spacial score (nSPS) is 24.3. The van der Waals surface area contributed by atoms with Gasteiger partial charge in [0.25, 0.3) is 0 Å². The van der Waals surface area contributed by atoms with E-state index in [0.717, 1.165) is 19.3 Å². The molecule has 1 aromatic heterocycles. The Labute approximate surface area is 59.6 Å². The van der Waals surface area contributed by atoms with E-state index in [1.54, 1.807) is 0 Å². The second kappa shape index (κ2) is 2.09. The van der Waals surface area contributed by atoms with Crippen LogP contribution < -0.4 is 5.73 Å². The molecular weight excluding hydrogens is 126 g/mol. The molecule has 10 heavy (non-hydrogen) atoms. The average molecular weight is 137 g/mol. The van der Waals surface area contributed by atoms with Crippen LogP contribution in [-0.4, -0.2) is 16.2 Å². The van der Waals surface area contributed by atoms with Crippen molar-refractivity contribution in [3.63, 3.8) is 0 Å². The van der Waals surface area contributed by atoms with Crippen molar-refractivity contribution in [3.05, 3.63) is 17.5 Å². The van der Waals surface area contributed by atoms with E-state index in [-0.39, 0.29) is 0 Å². The highest BCUT2D eigenvalue weighted by Gasteiger charge is 2.15. The zero-order valence-corrected chi connectivity index (χ0v) is 5.80. The molecule has 2 rings (SSSR count). The lowest BCUT2D eigenvalue weighted by Crippen LogP contribution is -2.27. The van der Waals surface area contributed by atoms with Gasteiger partial charge in [0.05, 0.1) is 6.20 Å². The molecule has 0 spiro atoms. The van der Waals surface area contributed by atoms with E-state index in [2.05, 4.69) is 10.2 Å². The van der Waals surface area contributed by atoms with Crippen molar-refractivity contribution in [3.8, 4) is 0 Å². The van der Waals surface area contributed by atoms with Gasteiger partial charge in [0, 0.05) is 18.2 Å². The zero-order valence-electron chi connectivity index (χ0n) is 5.80. The Morgan fingerprint density at radius 2 is 2.60 bits per heavy atom. The van der Waals surface area contributed by atoms with Crippen LogP contribution in [0.5, 0.6) is 0 Å². The van der Waals surface area contributed by atoms with Crippen molar-refractivity contribution in [2.75, 3.05) is 0 Å². The van der Waals surface area contributed by atoms with Crippen molar-refractivity contribution >= 4 is 0 Å². The second-order valence-corrected chi connectivity index (χ2v) is 2.88. The quantitative estimate of drug-likeness (QED) is 0.537. The first kappa shape index (κ1) is 5.92. The van der Waals surface area contributed by atoms with Crippen LogP contribution in [0, 0.1) is 0 Å². The van der Waals surface area contributed by atoms with Crippen LogP contribution in [0.1, 0.15) is 17.7 Å². The van der Waals surface area contributed by atoms with Crippen LogP contribution in [0.3, 0.4) is 0 Å². The van der Waals surface area contributed by atoms with Crippen LogP contribution in [0.15, 0.2) is 6.20 Å². The van der Waals surface area contributed by atoms with E-state index in [4.69, 9.17) is 5.73 Å². The third-order valence-electron chi connectivity index (χ3n) is 2.06. The van der Waals surface area contributed by atoms with E-state index >= 15 is 0 Å². The van der Waals surface area contributed by atoms with Crippen LogP contribution in [0.4, 0.5) is 0 Å². The highest BCUT2D eigenvalue weighted by Crippen LogP contribution is 2.16. The van der Waals surface area contributed by atoms with Crippen LogP contribution in [0.2, 0.25) is 0 Å². The topological polar surface area (TPSA) is 54.7 Å². The molecule has 0 saturated carbocycles. The molecule has 1 aromatic rings. The summed E-state index contributed by atoms with van der Waals surface area (Å²) < 4.78 is 0. The van der Waals surface area contributed by atoms with Gasteiger partial charge in [0.15, 0.2) is 0 Å². The number of nitrogens with two attached hydrogens (primary N) is 1. The first-order valence-electron chi connectivity index (χ1n) is 3.63. The van der Waals surface area contributed by atoms with Crippen molar-refractivity contribution in [1.82, 2.24) is 10.2 Å². The van der Waals surface area contributed by atoms with Crippen LogP contribution in [-0.2, 0) is 12.8 Å². The van der Waals surface area contributed by atoms with Gasteiger partial charge in [-0.2, -0.15) is 5.10 Å². The van der Waals surface area contributed by atoms with Gasteiger partial charge < -0.3 is 5.73 Å². The highest BCUT2D eigenvalue weighted by molar-refractivity contribution is 5.20. The lowest BCUT2D eigenvalue weighted by molar-refractivity contribution is 0.569. The number of nitrogens with one attached hydrogen (secondary N) is 1. The van der Waals surface area contributed by atoms with Crippen LogP contribution >= 0.6 is 0 Å². The van der Waals surface area contributed by atoms with E-state index in [1.165, 1.54) is 11.3 Å².